The maximum Gasteiger partial charge on any atom is 0.265 e. The average Bonchev–Trinajstić information content (AvgIpc) is 2.78. The maximum atomic E-state index is 13.4. The van der Waals surface area contributed by atoms with Crippen LogP contribution in [0.2, 0.25) is 5.02 Å². The number of nitrogens with one attached hydrogen (secondary N) is 2. The van der Waals surface area contributed by atoms with Gasteiger partial charge in [0, 0.05) is 34.7 Å². The Kier molecular flexibility index (Phi) is 10.3. The topological polar surface area (TPSA) is 53.9 Å². The van der Waals surface area contributed by atoms with Crippen LogP contribution in [0.15, 0.2) is 58.3 Å². The number of para-hydroxylation sites is 1. The van der Waals surface area contributed by atoms with E-state index >= 15 is 0 Å². The molecule has 2 aromatic rings. The summed E-state index contributed by atoms with van der Waals surface area (Å²) >= 11 is 7.54. The van der Waals surface area contributed by atoms with Gasteiger partial charge in [-0.25, -0.2) is 0 Å². The van der Waals surface area contributed by atoms with E-state index in [4.69, 9.17) is 11.6 Å². The summed E-state index contributed by atoms with van der Waals surface area (Å²) in [6.07, 6.45) is 2.75. The van der Waals surface area contributed by atoms with E-state index in [0.29, 0.717) is 28.3 Å². The zero-order valence-electron chi connectivity index (χ0n) is 21.1. The van der Waals surface area contributed by atoms with Crippen molar-refractivity contribution in [1.29, 1.82) is 0 Å². The first-order valence-electron chi connectivity index (χ1n) is 12.4. The van der Waals surface area contributed by atoms with E-state index < -0.39 is 0 Å². The first-order valence-corrected chi connectivity index (χ1v) is 13.6. The van der Waals surface area contributed by atoms with Crippen molar-refractivity contribution in [3.63, 3.8) is 0 Å². The molecule has 2 amide bonds. The van der Waals surface area contributed by atoms with Gasteiger partial charge in [0.1, 0.15) is 6.54 Å². The highest BCUT2D eigenvalue weighted by Crippen LogP contribution is 2.41. The molecule has 1 aliphatic heterocycles. The lowest BCUT2D eigenvalue weighted by atomic mass is 10.1. The molecule has 0 aromatic heterocycles. The Morgan fingerprint density at radius 3 is 2.49 bits per heavy atom. The number of hydrogen-bond donors (Lipinski definition) is 2. The molecule has 2 N–H and O–H groups in total. The van der Waals surface area contributed by atoms with E-state index in [1.807, 2.05) is 48.5 Å². The summed E-state index contributed by atoms with van der Waals surface area (Å²) in [4.78, 5) is 30.9. The molecule has 3 rings (SSSR count). The lowest BCUT2D eigenvalue weighted by Gasteiger charge is -2.30. The van der Waals surface area contributed by atoms with E-state index in [-0.39, 0.29) is 18.4 Å². The van der Waals surface area contributed by atoms with Crippen molar-refractivity contribution in [3.05, 3.63) is 64.0 Å². The zero-order valence-corrected chi connectivity index (χ0v) is 22.7. The summed E-state index contributed by atoms with van der Waals surface area (Å²) < 4.78 is 0. The van der Waals surface area contributed by atoms with Crippen LogP contribution < -0.4 is 15.1 Å². The summed E-state index contributed by atoms with van der Waals surface area (Å²) in [5.74, 6) is 0.982. The molecule has 0 saturated carbocycles. The Morgan fingerprint density at radius 1 is 1.09 bits per heavy atom. The third-order valence-electron chi connectivity index (χ3n) is 5.70. The predicted octanol–water partition coefficient (Wildman–Crippen LogP) is 4.52. The highest BCUT2D eigenvalue weighted by Gasteiger charge is 2.30. The molecule has 0 atom stereocenters. The number of halogens is 1. The van der Waals surface area contributed by atoms with Crippen molar-refractivity contribution in [3.8, 4) is 0 Å². The molecule has 0 fully saturated rings. The predicted molar refractivity (Wildman–Crippen MR) is 147 cm³/mol. The van der Waals surface area contributed by atoms with Gasteiger partial charge in [-0.2, -0.15) is 0 Å². The van der Waals surface area contributed by atoms with Gasteiger partial charge in [0.15, 0.2) is 0 Å². The molecular formula is C28H37ClN3O2S+. The number of anilines is 1. The van der Waals surface area contributed by atoms with Crippen LogP contribution in [0.3, 0.4) is 0 Å². The molecule has 0 unspecified atom stereocenters. The second-order valence-corrected chi connectivity index (χ2v) is 11.4. The Morgan fingerprint density at radius 2 is 1.80 bits per heavy atom. The van der Waals surface area contributed by atoms with E-state index in [2.05, 4.69) is 33.0 Å². The van der Waals surface area contributed by atoms with Crippen molar-refractivity contribution in [2.24, 2.45) is 11.8 Å². The Balaban J connectivity index is 1.63. The second-order valence-electron chi connectivity index (χ2n) is 9.92. The molecule has 1 heterocycles. The van der Waals surface area contributed by atoms with Gasteiger partial charge in [0.25, 0.3) is 5.91 Å². The molecule has 2 aromatic carbocycles. The molecule has 0 radical (unpaired) electrons. The molecule has 0 spiro atoms. The lowest BCUT2D eigenvalue weighted by Crippen LogP contribution is -3.13. The fourth-order valence-electron chi connectivity index (χ4n) is 4.37. The van der Waals surface area contributed by atoms with Crippen LogP contribution in [-0.4, -0.2) is 44.5 Å². The number of thioether (sulfide) groups is 1. The van der Waals surface area contributed by atoms with Crippen molar-refractivity contribution >= 4 is 46.9 Å². The van der Waals surface area contributed by atoms with Gasteiger partial charge in [-0.1, -0.05) is 75.3 Å². The number of carbonyl (C=O) groups is 2. The van der Waals surface area contributed by atoms with E-state index in [0.717, 1.165) is 42.2 Å². The number of carbonyl (C=O) groups excluding carboxylic acids is 2. The van der Waals surface area contributed by atoms with Gasteiger partial charge < -0.3 is 10.2 Å². The number of amides is 2. The van der Waals surface area contributed by atoms with Gasteiger partial charge in [-0.05, 0) is 35.9 Å². The number of fused-ring (bicyclic) bond motifs is 1. The number of benzene rings is 2. The Bertz CT molecular complexity index is 1040. The largest absolute Gasteiger partial charge is 0.354 e. The Labute approximate surface area is 218 Å². The highest BCUT2D eigenvalue weighted by atomic mass is 35.5. The lowest BCUT2D eigenvalue weighted by molar-refractivity contribution is -0.906. The van der Waals surface area contributed by atoms with Gasteiger partial charge in [-0.15, -0.1) is 0 Å². The molecule has 1 aliphatic rings. The minimum Gasteiger partial charge on any atom is -0.354 e. The summed E-state index contributed by atoms with van der Waals surface area (Å²) in [6, 6.07) is 15.1. The maximum absolute atomic E-state index is 13.4. The molecule has 0 saturated heterocycles. The highest BCUT2D eigenvalue weighted by molar-refractivity contribution is 8.04. The number of rotatable bonds is 11. The van der Waals surface area contributed by atoms with E-state index in [1.54, 1.807) is 15.9 Å². The fourth-order valence-corrected chi connectivity index (χ4v) is 5.63. The number of hydrogen-bond acceptors (Lipinski definition) is 3. The molecule has 5 nitrogen and oxygen atoms in total. The SMILES string of the molecule is CC(C)C[NH+](CCCNC(=O)CN1C(=O)C(=Cc2cccc(Cl)c2)Sc2ccccc21)CC(C)C. The fraction of sp³-hybridized carbons (Fsp3) is 0.429. The first kappa shape index (κ1) is 27.3. The zero-order chi connectivity index (χ0) is 25.4. The third-order valence-corrected chi connectivity index (χ3v) is 7.02. The van der Waals surface area contributed by atoms with E-state index in [9.17, 15) is 9.59 Å². The summed E-state index contributed by atoms with van der Waals surface area (Å²) in [6.45, 7) is 12.9. The molecular weight excluding hydrogens is 478 g/mol. The van der Waals surface area contributed by atoms with Gasteiger partial charge >= 0.3 is 0 Å². The van der Waals surface area contributed by atoms with Crippen molar-refractivity contribution < 1.29 is 14.5 Å². The number of nitrogens with zero attached hydrogens (tertiary/aromatic N) is 1. The standard InChI is InChI=1S/C28H36ClN3O2S/c1-20(2)17-31(18-21(3)4)14-8-13-30-27(33)19-32-24-11-5-6-12-25(24)35-26(28(32)34)16-22-9-7-10-23(29)15-22/h5-7,9-12,15-16,20-21H,8,13-14,17-19H2,1-4H3,(H,30,33)/p+1. The monoisotopic (exact) mass is 514 g/mol. The van der Waals surface area contributed by atoms with Crippen molar-refractivity contribution in [2.45, 2.75) is 39.0 Å². The summed E-state index contributed by atoms with van der Waals surface area (Å²) in [5, 5.41) is 3.64. The summed E-state index contributed by atoms with van der Waals surface area (Å²) in [7, 11) is 0. The third kappa shape index (κ3) is 8.41. The van der Waals surface area contributed by atoms with Crippen LogP contribution in [-0.2, 0) is 9.59 Å². The number of quaternary nitrogens is 1. The van der Waals surface area contributed by atoms with Crippen molar-refractivity contribution in [2.75, 3.05) is 37.6 Å². The minimum atomic E-state index is -0.173. The van der Waals surface area contributed by atoms with Crippen LogP contribution in [0, 0.1) is 11.8 Å². The van der Waals surface area contributed by atoms with E-state index in [1.165, 1.54) is 11.8 Å². The average molecular weight is 515 g/mol. The van der Waals surface area contributed by atoms with Crippen molar-refractivity contribution in [1.82, 2.24) is 5.32 Å². The van der Waals surface area contributed by atoms with Crippen LogP contribution in [0.1, 0.15) is 39.7 Å². The molecule has 7 heteroatoms. The molecule has 0 aliphatic carbocycles. The van der Waals surface area contributed by atoms with Crippen LogP contribution >= 0.6 is 23.4 Å². The van der Waals surface area contributed by atoms with Crippen LogP contribution in [0.4, 0.5) is 5.69 Å². The molecule has 188 valence electrons. The Hall–Kier alpha value is -2.28. The minimum absolute atomic E-state index is 0.00213. The smallest absolute Gasteiger partial charge is 0.265 e. The normalized spacial score (nSPS) is 14.8. The van der Waals surface area contributed by atoms with Gasteiger partial charge in [0.2, 0.25) is 5.91 Å². The quantitative estimate of drug-likeness (QED) is 0.342. The second kappa shape index (κ2) is 13.1. The summed E-state index contributed by atoms with van der Waals surface area (Å²) in [5.41, 5.74) is 1.62. The molecule has 35 heavy (non-hydrogen) atoms. The van der Waals surface area contributed by atoms with Gasteiger partial charge in [0.05, 0.1) is 30.2 Å². The molecule has 0 bridgehead atoms. The van der Waals surface area contributed by atoms with Crippen LogP contribution in [0.5, 0.6) is 0 Å². The first-order chi connectivity index (χ1) is 16.7. The van der Waals surface area contributed by atoms with Gasteiger partial charge in [-0.3, -0.25) is 14.5 Å². The van der Waals surface area contributed by atoms with Crippen LogP contribution in [0.25, 0.3) is 6.08 Å².